The van der Waals surface area contributed by atoms with E-state index in [9.17, 15) is 4.79 Å². The lowest BCUT2D eigenvalue weighted by molar-refractivity contribution is -0.136. The molecule has 0 aromatic heterocycles. The van der Waals surface area contributed by atoms with Gasteiger partial charge in [-0.15, -0.1) is 0 Å². The molecule has 1 amide bonds. The van der Waals surface area contributed by atoms with Gasteiger partial charge in [-0.2, -0.15) is 0 Å². The van der Waals surface area contributed by atoms with Crippen molar-refractivity contribution >= 4 is 5.91 Å². The number of piperazine rings is 1. The summed E-state index contributed by atoms with van der Waals surface area (Å²) in [6.45, 7) is 4.07. The van der Waals surface area contributed by atoms with E-state index in [0.717, 1.165) is 32.0 Å². The highest BCUT2D eigenvalue weighted by Crippen LogP contribution is 2.33. The molecule has 2 atom stereocenters. The monoisotopic (exact) mass is 251 g/mol. The summed E-state index contributed by atoms with van der Waals surface area (Å²) in [4.78, 5) is 16.9. The number of carbonyl (C=O) groups excluding carboxylic acids is 1. The maximum absolute atomic E-state index is 12.3. The molecule has 0 spiro atoms. The van der Waals surface area contributed by atoms with Gasteiger partial charge in [0.2, 0.25) is 5.91 Å². The second kappa shape index (κ2) is 5.17. The lowest BCUT2D eigenvalue weighted by Crippen LogP contribution is -2.58. The molecule has 2 saturated heterocycles. The third-order valence-electron chi connectivity index (χ3n) is 4.75. The normalized spacial score (nSPS) is 30.9. The van der Waals surface area contributed by atoms with Crippen molar-refractivity contribution < 1.29 is 4.79 Å². The van der Waals surface area contributed by atoms with Gasteiger partial charge in [-0.05, 0) is 31.7 Å². The first kappa shape index (κ1) is 12.4. The maximum Gasteiger partial charge on any atom is 0.239 e. The average molecular weight is 251 g/mol. The van der Waals surface area contributed by atoms with Gasteiger partial charge in [0.25, 0.3) is 0 Å². The highest BCUT2D eigenvalue weighted by molar-refractivity contribution is 5.81. The lowest BCUT2D eigenvalue weighted by Gasteiger charge is -2.44. The fraction of sp³-hybridized carbons (Fsp3) is 0.929. The van der Waals surface area contributed by atoms with Gasteiger partial charge in [0.15, 0.2) is 0 Å². The maximum atomic E-state index is 12.3. The van der Waals surface area contributed by atoms with E-state index in [0.29, 0.717) is 6.04 Å². The van der Waals surface area contributed by atoms with Gasteiger partial charge in [0.1, 0.15) is 0 Å². The molecule has 4 heteroatoms. The number of amides is 1. The van der Waals surface area contributed by atoms with Gasteiger partial charge >= 0.3 is 0 Å². The van der Waals surface area contributed by atoms with Gasteiger partial charge < -0.3 is 10.6 Å². The first-order valence-electron chi connectivity index (χ1n) is 7.52. The molecule has 2 heterocycles. The van der Waals surface area contributed by atoms with E-state index in [4.69, 9.17) is 5.73 Å². The fourth-order valence-electron chi connectivity index (χ4n) is 3.40. The summed E-state index contributed by atoms with van der Waals surface area (Å²) in [6.07, 6.45) is 7.35. The smallest absolute Gasteiger partial charge is 0.239 e. The molecule has 3 aliphatic rings. The Morgan fingerprint density at radius 3 is 2.78 bits per heavy atom. The number of fused-ring (bicyclic) bond motifs is 1. The lowest BCUT2D eigenvalue weighted by atomic mass is 9.99. The van der Waals surface area contributed by atoms with Crippen LogP contribution >= 0.6 is 0 Å². The molecule has 3 rings (SSSR count). The summed E-state index contributed by atoms with van der Waals surface area (Å²) in [7, 11) is 0. The third kappa shape index (κ3) is 2.69. The molecular formula is C14H25N3O. The Balaban J connectivity index is 1.53. The van der Waals surface area contributed by atoms with Crippen molar-refractivity contribution in [3.8, 4) is 0 Å². The Hall–Kier alpha value is -0.610. The molecule has 4 nitrogen and oxygen atoms in total. The Bertz CT molecular complexity index is 316. The van der Waals surface area contributed by atoms with E-state index < -0.39 is 0 Å². The summed E-state index contributed by atoms with van der Waals surface area (Å²) >= 11 is 0. The Labute approximate surface area is 109 Å². The van der Waals surface area contributed by atoms with E-state index in [1.807, 2.05) is 4.90 Å². The van der Waals surface area contributed by atoms with Gasteiger partial charge in [-0.1, -0.05) is 19.3 Å². The number of nitrogens with zero attached hydrogens (tertiary/aromatic N) is 2. The van der Waals surface area contributed by atoms with Crippen molar-refractivity contribution in [1.29, 1.82) is 0 Å². The zero-order chi connectivity index (χ0) is 12.5. The Morgan fingerprint density at radius 1 is 1.17 bits per heavy atom. The Morgan fingerprint density at radius 2 is 2.00 bits per heavy atom. The molecule has 0 aromatic carbocycles. The molecule has 0 aromatic rings. The standard InChI is InChI=1S/C14H25N3O/c15-13(9-11-4-5-11)14(18)17-8-7-16-6-2-1-3-12(16)10-17/h11-13H,1-10,15H2/t12?,13-/m0/s1. The van der Waals surface area contributed by atoms with Crippen LogP contribution in [0.2, 0.25) is 0 Å². The quantitative estimate of drug-likeness (QED) is 0.807. The number of hydrogen-bond donors (Lipinski definition) is 1. The van der Waals surface area contributed by atoms with Gasteiger partial charge in [0, 0.05) is 25.7 Å². The first-order valence-corrected chi connectivity index (χ1v) is 7.52. The minimum Gasteiger partial charge on any atom is -0.338 e. The SMILES string of the molecule is N[C@@H](CC1CC1)C(=O)N1CCN2CCCCC2C1. The molecule has 3 fully saturated rings. The van der Waals surface area contributed by atoms with Crippen molar-refractivity contribution in [2.24, 2.45) is 11.7 Å². The molecule has 1 saturated carbocycles. The van der Waals surface area contributed by atoms with Crippen LogP contribution in [0.4, 0.5) is 0 Å². The molecule has 18 heavy (non-hydrogen) atoms. The van der Waals surface area contributed by atoms with Gasteiger partial charge in [-0.3, -0.25) is 9.69 Å². The summed E-state index contributed by atoms with van der Waals surface area (Å²) in [5, 5.41) is 0. The number of piperidine rings is 1. The third-order valence-corrected chi connectivity index (χ3v) is 4.75. The molecule has 102 valence electrons. The molecular weight excluding hydrogens is 226 g/mol. The van der Waals surface area contributed by atoms with E-state index >= 15 is 0 Å². The molecule has 1 unspecified atom stereocenters. The summed E-state index contributed by atoms with van der Waals surface area (Å²) in [5.74, 6) is 0.937. The number of rotatable bonds is 3. The zero-order valence-corrected chi connectivity index (χ0v) is 11.2. The van der Waals surface area contributed by atoms with Crippen LogP contribution in [0, 0.1) is 5.92 Å². The van der Waals surface area contributed by atoms with Gasteiger partial charge in [-0.25, -0.2) is 0 Å². The van der Waals surface area contributed by atoms with Crippen molar-refractivity contribution in [3.05, 3.63) is 0 Å². The second-order valence-corrected chi connectivity index (χ2v) is 6.26. The fourth-order valence-corrected chi connectivity index (χ4v) is 3.40. The molecule has 0 radical (unpaired) electrons. The van der Waals surface area contributed by atoms with Gasteiger partial charge in [0.05, 0.1) is 6.04 Å². The summed E-state index contributed by atoms with van der Waals surface area (Å²) in [6, 6.07) is 0.359. The minimum atomic E-state index is -0.243. The van der Waals surface area contributed by atoms with Crippen LogP contribution in [0.5, 0.6) is 0 Å². The highest BCUT2D eigenvalue weighted by Gasteiger charge is 2.34. The topological polar surface area (TPSA) is 49.6 Å². The van der Waals surface area contributed by atoms with Crippen LogP contribution in [-0.2, 0) is 4.79 Å². The van der Waals surface area contributed by atoms with Crippen LogP contribution in [0.15, 0.2) is 0 Å². The first-order chi connectivity index (χ1) is 8.74. The summed E-state index contributed by atoms with van der Waals surface area (Å²) < 4.78 is 0. The predicted molar refractivity (Wildman–Crippen MR) is 71.1 cm³/mol. The van der Waals surface area contributed by atoms with E-state index in [1.54, 1.807) is 0 Å². The van der Waals surface area contributed by atoms with Crippen molar-refractivity contribution in [2.45, 2.75) is 50.6 Å². The highest BCUT2D eigenvalue weighted by atomic mass is 16.2. The van der Waals surface area contributed by atoms with Crippen LogP contribution in [0.3, 0.4) is 0 Å². The van der Waals surface area contributed by atoms with Crippen molar-refractivity contribution in [1.82, 2.24) is 9.80 Å². The van der Waals surface area contributed by atoms with Crippen LogP contribution in [-0.4, -0.2) is 54.0 Å². The second-order valence-electron chi connectivity index (χ2n) is 6.26. The van der Waals surface area contributed by atoms with Crippen LogP contribution in [0.25, 0.3) is 0 Å². The number of hydrogen-bond acceptors (Lipinski definition) is 3. The van der Waals surface area contributed by atoms with E-state index in [-0.39, 0.29) is 11.9 Å². The predicted octanol–water partition coefficient (Wildman–Crippen LogP) is 0.810. The molecule has 1 aliphatic carbocycles. The van der Waals surface area contributed by atoms with Crippen LogP contribution < -0.4 is 5.73 Å². The summed E-state index contributed by atoms with van der Waals surface area (Å²) in [5.41, 5.74) is 6.05. The Kier molecular flexibility index (Phi) is 3.57. The number of nitrogens with two attached hydrogens (primary N) is 1. The largest absolute Gasteiger partial charge is 0.338 e. The van der Waals surface area contributed by atoms with E-state index in [2.05, 4.69) is 4.90 Å². The molecule has 2 N–H and O–H groups in total. The molecule has 2 aliphatic heterocycles. The van der Waals surface area contributed by atoms with Crippen molar-refractivity contribution in [2.75, 3.05) is 26.2 Å². The minimum absolute atomic E-state index is 0.201. The molecule has 0 bridgehead atoms. The van der Waals surface area contributed by atoms with E-state index in [1.165, 1.54) is 38.6 Å². The number of carbonyl (C=O) groups is 1. The zero-order valence-electron chi connectivity index (χ0n) is 11.2. The average Bonchev–Trinajstić information content (AvgIpc) is 3.21. The van der Waals surface area contributed by atoms with Crippen LogP contribution in [0.1, 0.15) is 38.5 Å². The van der Waals surface area contributed by atoms with Crippen molar-refractivity contribution in [3.63, 3.8) is 0 Å².